The Labute approximate surface area is 241 Å². The number of fused-ring (bicyclic) bond motifs is 1. The lowest BCUT2D eigenvalue weighted by Crippen LogP contribution is -2.51. The molecular weight excluding hydrogens is 574 g/mol. The number of carbonyl (C=O) groups excluding carboxylic acids is 1. The van der Waals surface area contributed by atoms with Crippen molar-refractivity contribution in [1.82, 2.24) is 19.8 Å². The third-order valence-electron chi connectivity index (χ3n) is 5.27. The number of aliphatic hydroxyl groups is 1. The van der Waals surface area contributed by atoms with Gasteiger partial charge in [0, 0.05) is 0 Å². The van der Waals surface area contributed by atoms with Gasteiger partial charge in [0.15, 0.2) is 0 Å². The number of hydrogen-bond acceptors (Lipinski definition) is 10. The van der Waals surface area contributed by atoms with Crippen LogP contribution in [0.25, 0.3) is 11.0 Å². The molecule has 4 N–H and O–H groups in total. The number of nitrogens with one attached hydrogen (secondary N) is 3. The van der Waals surface area contributed by atoms with Gasteiger partial charge in [-0.1, -0.05) is 34.8 Å². The first kappa shape index (κ1) is 33.8. The highest BCUT2D eigenvalue weighted by Gasteiger charge is 2.33. The molecular formula is C26H37N5O8S2. The molecule has 0 aliphatic heterocycles. The Bertz CT molecular complexity index is 1510. The van der Waals surface area contributed by atoms with Crippen molar-refractivity contribution < 1.29 is 36.3 Å². The van der Waals surface area contributed by atoms with Gasteiger partial charge in [0.2, 0.25) is 0 Å². The van der Waals surface area contributed by atoms with E-state index in [9.17, 15) is 18.3 Å². The summed E-state index contributed by atoms with van der Waals surface area (Å²) < 4.78 is 56.2. The molecule has 1 unspecified atom stereocenters. The Morgan fingerprint density at radius 3 is 2.34 bits per heavy atom. The average molecular weight is 612 g/mol. The number of ether oxygens (including phenoxy) is 1. The zero-order valence-corrected chi connectivity index (χ0v) is 25.4. The van der Waals surface area contributed by atoms with Crippen LogP contribution in [0.5, 0.6) is 0 Å². The number of alkyl carbamates (subject to hydrolysis) is 1. The summed E-state index contributed by atoms with van der Waals surface area (Å²) in [6.45, 7) is 9.94. The minimum absolute atomic E-state index is 0.0174. The van der Waals surface area contributed by atoms with Crippen LogP contribution < -0.4 is 5.32 Å². The van der Waals surface area contributed by atoms with E-state index in [1.807, 2.05) is 30.3 Å². The van der Waals surface area contributed by atoms with Crippen LogP contribution in [-0.4, -0.2) is 72.9 Å². The smallest absolute Gasteiger partial charge is 0.407 e. The maximum atomic E-state index is 13.6. The van der Waals surface area contributed by atoms with Gasteiger partial charge in [-0.2, -0.15) is 13.2 Å². The summed E-state index contributed by atoms with van der Waals surface area (Å²) in [5.41, 5.74) is 1.31. The molecule has 15 heteroatoms. The van der Waals surface area contributed by atoms with Crippen molar-refractivity contribution in [2.75, 3.05) is 6.54 Å². The molecule has 1 amide bonds. The van der Waals surface area contributed by atoms with Crippen molar-refractivity contribution in [3.8, 4) is 0 Å². The van der Waals surface area contributed by atoms with E-state index in [1.54, 1.807) is 47.6 Å². The Kier molecular flexibility index (Phi) is 12.0. The molecule has 1 heterocycles. The van der Waals surface area contributed by atoms with Gasteiger partial charge in [-0.05, 0) is 71.7 Å². The molecule has 0 spiro atoms. The summed E-state index contributed by atoms with van der Waals surface area (Å²) in [5, 5.41) is 13.9. The summed E-state index contributed by atoms with van der Waals surface area (Å²) in [5.74, 6) is 0.659. The van der Waals surface area contributed by atoms with E-state index in [4.69, 9.17) is 22.8 Å². The van der Waals surface area contributed by atoms with Crippen LogP contribution in [-0.2, 0) is 36.5 Å². The van der Waals surface area contributed by atoms with Gasteiger partial charge in [-0.3, -0.25) is 4.84 Å². The summed E-state index contributed by atoms with van der Waals surface area (Å²) >= 11 is 0. The van der Waals surface area contributed by atoms with Crippen molar-refractivity contribution in [1.29, 1.82) is 4.78 Å². The summed E-state index contributed by atoms with van der Waals surface area (Å²) in [7, 11) is -6.79. The normalized spacial score (nSPS) is 13.4. The molecule has 1 aromatic heterocycles. The number of nitrogens with zero attached hydrogens (tertiary/aromatic N) is 2. The highest BCUT2D eigenvalue weighted by molar-refractivity contribution is 7.89. The third-order valence-corrected chi connectivity index (χ3v) is 6.89. The fourth-order valence-corrected chi connectivity index (χ4v) is 5.09. The summed E-state index contributed by atoms with van der Waals surface area (Å²) in [4.78, 5) is 25.5. The quantitative estimate of drug-likeness (QED) is 0.249. The molecule has 0 fully saturated rings. The number of aliphatic hydroxyl groups excluding tert-OH is 1. The number of sulfonamides is 1. The van der Waals surface area contributed by atoms with E-state index in [2.05, 4.69) is 15.3 Å². The van der Waals surface area contributed by atoms with Gasteiger partial charge in [-0.15, -0.1) is 0 Å². The first-order valence-electron chi connectivity index (χ1n) is 12.7. The number of rotatable bonds is 10. The predicted molar refractivity (Wildman–Crippen MR) is 152 cm³/mol. The zero-order chi connectivity index (χ0) is 31.0. The third kappa shape index (κ3) is 11.2. The topological polar surface area (TPSA) is 192 Å². The second-order valence-electron chi connectivity index (χ2n) is 10.4. The average Bonchev–Trinajstić information content (AvgIpc) is 3.21. The summed E-state index contributed by atoms with van der Waals surface area (Å²) in [6.07, 6.45) is -2.28. The van der Waals surface area contributed by atoms with Crippen molar-refractivity contribution in [2.45, 2.75) is 76.7 Å². The molecule has 13 nitrogen and oxygen atoms in total. The number of amides is 1. The van der Waals surface area contributed by atoms with Crippen LogP contribution >= 0.6 is 0 Å². The Hall–Kier alpha value is -3.37. The highest BCUT2D eigenvalue weighted by Crippen LogP contribution is 2.23. The highest BCUT2D eigenvalue weighted by atomic mass is 32.2. The monoisotopic (exact) mass is 611 g/mol. The maximum absolute atomic E-state index is 13.6. The second-order valence-corrected chi connectivity index (χ2v) is 12.7. The number of aryl methyl sites for hydroxylation is 1. The number of hydrogen-bond donors (Lipinski definition) is 4. The van der Waals surface area contributed by atoms with Gasteiger partial charge in [-0.25, -0.2) is 18.2 Å². The Morgan fingerprint density at radius 1 is 1.17 bits per heavy atom. The lowest BCUT2D eigenvalue weighted by Gasteiger charge is -2.30. The fourth-order valence-electron chi connectivity index (χ4n) is 3.72. The van der Waals surface area contributed by atoms with Crippen molar-refractivity contribution >= 4 is 37.7 Å². The number of aromatic nitrogens is 2. The molecule has 2 aromatic carbocycles. The molecule has 3 aromatic rings. The van der Waals surface area contributed by atoms with Crippen LogP contribution in [0.1, 0.15) is 46.0 Å². The van der Waals surface area contributed by atoms with E-state index in [0.29, 0.717) is 16.9 Å². The van der Waals surface area contributed by atoms with Crippen LogP contribution in [0.2, 0.25) is 0 Å². The summed E-state index contributed by atoms with van der Waals surface area (Å²) in [6, 6.07) is 12.9. The van der Waals surface area contributed by atoms with Crippen LogP contribution in [0.3, 0.4) is 0 Å². The second kappa shape index (κ2) is 14.5. The predicted octanol–water partition coefficient (Wildman–Crippen LogP) is 3.33. The van der Waals surface area contributed by atoms with Crippen molar-refractivity contribution in [3.05, 3.63) is 59.9 Å². The van der Waals surface area contributed by atoms with E-state index in [-0.39, 0.29) is 11.3 Å². The number of H-pyrrole nitrogens is 1. The molecule has 0 aliphatic rings. The van der Waals surface area contributed by atoms with E-state index in [1.165, 1.54) is 12.1 Å². The number of hydroxylamine groups is 1. The van der Waals surface area contributed by atoms with Crippen molar-refractivity contribution in [2.24, 2.45) is 0 Å². The van der Waals surface area contributed by atoms with Crippen molar-refractivity contribution in [3.63, 3.8) is 0 Å². The van der Waals surface area contributed by atoms with Gasteiger partial charge < -0.3 is 20.1 Å². The number of aromatic amines is 1. The fraction of sp³-hybridized carbons (Fsp3) is 0.462. The molecule has 226 valence electrons. The molecule has 0 saturated heterocycles. The molecule has 3 rings (SSSR count). The standard InChI is InChI=1S/C26H36N4O6S.HNO2S/c1-17(2)36-30(37(33,34)20-12-13-21-22(15-20)28-18(3)27-21)16-24(31)23(14-19-10-8-7-9-11-19)29-25(32)35-26(4,5)6;1-4(2)3/h7-13,15,17,23-24,31H,14,16H2,1-6H3,(H,27,28)(H,29,32);1H/t23-,24?;/m0./s1. The minimum Gasteiger partial charge on any atom is -0.444 e. The van der Waals surface area contributed by atoms with Crippen LogP contribution in [0.15, 0.2) is 53.4 Å². The number of imidazole rings is 1. The lowest BCUT2D eigenvalue weighted by atomic mass is 10.0. The van der Waals surface area contributed by atoms with E-state index >= 15 is 0 Å². The molecule has 2 atom stereocenters. The Morgan fingerprint density at radius 2 is 1.78 bits per heavy atom. The van der Waals surface area contributed by atoms with Gasteiger partial charge >= 0.3 is 16.6 Å². The first-order valence-corrected chi connectivity index (χ1v) is 15.2. The Balaban J connectivity index is 0.00000138. The van der Waals surface area contributed by atoms with E-state index in [0.717, 1.165) is 10.0 Å². The van der Waals surface area contributed by atoms with Crippen LogP contribution in [0, 0.1) is 11.7 Å². The minimum atomic E-state index is -4.18. The largest absolute Gasteiger partial charge is 0.444 e. The van der Waals surface area contributed by atoms with E-state index < -0.39 is 57.0 Å². The molecule has 0 bridgehead atoms. The maximum Gasteiger partial charge on any atom is 0.407 e. The van der Waals surface area contributed by atoms with Crippen LogP contribution in [0.4, 0.5) is 4.79 Å². The molecule has 41 heavy (non-hydrogen) atoms. The van der Waals surface area contributed by atoms with Gasteiger partial charge in [0.05, 0.1) is 40.7 Å². The lowest BCUT2D eigenvalue weighted by molar-refractivity contribution is -0.136. The number of benzene rings is 2. The zero-order valence-electron chi connectivity index (χ0n) is 23.8. The molecule has 0 saturated carbocycles. The molecule has 0 radical (unpaired) electrons. The number of carbonyl (C=O) groups is 1. The molecule has 0 aliphatic carbocycles. The first-order chi connectivity index (χ1) is 19.0. The SMILES string of the molecule is Cc1nc2ccc(S(=O)(=O)N(CC(O)[C@H](Cc3ccccc3)NC(=O)OC(C)(C)C)OC(C)C)cc2[nH]1.N=S(=O)=O. The van der Waals surface area contributed by atoms with Gasteiger partial charge in [0.1, 0.15) is 11.4 Å². The van der Waals surface area contributed by atoms with Gasteiger partial charge in [0.25, 0.3) is 10.0 Å².